The standard InChI is InChI=1S/C12H14Br3NO2.BrH/c13-3-1-2-4-18-12-9(14)5-8(6-10(12)15)11(17)7-16;/h5-6H,1-4,7,16H2;1H. The zero-order valence-corrected chi connectivity index (χ0v) is 16.6. The van der Waals surface area contributed by atoms with E-state index in [2.05, 4.69) is 47.8 Å². The fourth-order valence-electron chi connectivity index (χ4n) is 1.35. The van der Waals surface area contributed by atoms with Gasteiger partial charge in [0, 0.05) is 10.9 Å². The van der Waals surface area contributed by atoms with Gasteiger partial charge in [0.1, 0.15) is 5.75 Å². The second-order valence-corrected chi connectivity index (χ2v) is 6.14. The molecule has 2 N–H and O–H groups in total. The lowest BCUT2D eigenvalue weighted by Gasteiger charge is -2.11. The first-order valence-electron chi connectivity index (χ1n) is 5.51. The number of nitrogens with two attached hydrogens (primary N) is 1. The van der Waals surface area contributed by atoms with Gasteiger partial charge in [-0.3, -0.25) is 4.79 Å². The number of hydrogen-bond acceptors (Lipinski definition) is 3. The van der Waals surface area contributed by atoms with Gasteiger partial charge in [-0.05, 0) is 56.8 Å². The third kappa shape index (κ3) is 6.25. The van der Waals surface area contributed by atoms with Crippen LogP contribution in [-0.2, 0) is 0 Å². The van der Waals surface area contributed by atoms with Gasteiger partial charge >= 0.3 is 0 Å². The number of hydrogen-bond donors (Lipinski definition) is 1. The third-order valence-electron chi connectivity index (χ3n) is 2.28. The summed E-state index contributed by atoms with van der Waals surface area (Å²) in [6, 6.07) is 3.47. The lowest BCUT2D eigenvalue weighted by molar-refractivity contribution is 0.100. The van der Waals surface area contributed by atoms with Crippen molar-refractivity contribution in [2.75, 3.05) is 18.5 Å². The van der Waals surface area contributed by atoms with E-state index in [9.17, 15) is 4.79 Å². The zero-order valence-electron chi connectivity index (χ0n) is 10.1. The predicted molar refractivity (Wildman–Crippen MR) is 94.1 cm³/mol. The molecule has 0 saturated heterocycles. The Labute approximate surface area is 148 Å². The Morgan fingerprint density at radius 1 is 1.21 bits per heavy atom. The third-order valence-corrected chi connectivity index (χ3v) is 4.02. The van der Waals surface area contributed by atoms with Crippen LogP contribution in [0.4, 0.5) is 0 Å². The molecular formula is C12H15Br4NO2. The van der Waals surface area contributed by atoms with Gasteiger partial charge in [-0.1, -0.05) is 15.9 Å². The molecule has 19 heavy (non-hydrogen) atoms. The van der Waals surface area contributed by atoms with Crippen molar-refractivity contribution in [1.29, 1.82) is 0 Å². The van der Waals surface area contributed by atoms with E-state index in [1.165, 1.54) is 0 Å². The topological polar surface area (TPSA) is 52.3 Å². The minimum atomic E-state index is -0.0951. The van der Waals surface area contributed by atoms with Crippen molar-refractivity contribution < 1.29 is 9.53 Å². The molecule has 0 bridgehead atoms. The number of ether oxygens (including phenoxy) is 1. The first kappa shape index (κ1) is 19.6. The van der Waals surface area contributed by atoms with Gasteiger partial charge < -0.3 is 10.5 Å². The Morgan fingerprint density at radius 2 is 1.79 bits per heavy atom. The molecule has 0 aliphatic rings. The van der Waals surface area contributed by atoms with Crippen molar-refractivity contribution in [3.05, 3.63) is 26.6 Å². The molecule has 0 amide bonds. The van der Waals surface area contributed by atoms with Crippen LogP contribution in [0.5, 0.6) is 5.75 Å². The number of alkyl halides is 1. The van der Waals surface area contributed by atoms with Gasteiger partial charge in [0.15, 0.2) is 5.78 Å². The molecule has 1 rings (SSSR count). The highest BCUT2D eigenvalue weighted by molar-refractivity contribution is 9.11. The van der Waals surface area contributed by atoms with E-state index in [1.807, 2.05) is 0 Å². The quantitative estimate of drug-likeness (QED) is 0.325. The number of unbranched alkanes of at least 4 members (excludes halogenated alkanes) is 1. The first-order chi connectivity index (χ1) is 8.60. The van der Waals surface area contributed by atoms with Gasteiger partial charge in [-0.2, -0.15) is 0 Å². The molecule has 108 valence electrons. The monoisotopic (exact) mass is 521 g/mol. The van der Waals surface area contributed by atoms with Crippen LogP contribution in [0, 0.1) is 0 Å². The zero-order chi connectivity index (χ0) is 13.5. The van der Waals surface area contributed by atoms with Gasteiger partial charge in [0.2, 0.25) is 0 Å². The minimum Gasteiger partial charge on any atom is -0.491 e. The Bertz CT molecular complexity index is 403. The number of benzene rings is 1. The van der Waals surface area contributed by atoms with Gasteiger partial charge in [-0.15, -0.1) is 17.0 Å². The minimum absolute atomic E-state index is 0. The largest absolute Gasteiger partial charge is 0.491 e. The SMILES string of the molecule is Br.NCC(=O)c1cc(Br)c(OCCCCBr)c(Br)c1. The van der Waals surface area contributed by atoms with Crippen LogP contribution in [0.2, 0.25) is 0 Å². The van der Waals surface area contributed by atoms with E-state index in [0.29, 0.717) is 12.2 Å². The molecule has 0 fully saturated rings. The molecular weight excluding hydrogens is 510 g/mol. The van der Waals surface area contributed by atoms with Crippen molar-refractivity contribution in [1.82, 2.24) is 0 Å². The number of carbonyl (C=O) groups is 1. The molecule has 0 aliphatic carbocycles. The lowest BCUT2D eigenvalue weighted by atomic mass is 10.1. The van der Waals surface area contributed by atoms with Gasteiger partial charge in [0.25, 0.3) is 0 Å². The number of halogens is 4. The van der Waals surface area contributed by atoms with Gasteiger partial charge in [0.05, 0.1) is 22.1 Å². The molecule has 1 aromatic rings. The molecule has 0 saturated carbocycles. The summed E-state index contributed by atoms with van der Waals surface area (Å²) in [5, 5.41) is 0.975. The van der Waals surface area contributed by atoms with Crippen LogP contribution in [0.3, 0.4) is 0 Å². The Balaban J connectivity index is 0.00000324. The number of ketones is 1. The maximum absolute atomic E-state index is 11.5. The highest BCUT2D eigenvalue weighted by Crippen LogP contribution is 2.35. The summed E-state index contributed by atoms with van der Waals surface area (Å²) in [6.45, 7) is 0.650. The van der Waals surface area contributed by atoms with E-state index >= 15 is 0 Å². The van der Waals surface area contributed by atoms with Crippen LogP contribution < -0.4 is 10.5 Å². The number of rotatable bonds is 7. The summed E-state index contributed by atoms with van der Waals surface area (Å²) in [4.78, 5) is 11.5. The summed E-state index contributed by atoms with van der Waals surface area (Å²) < 4.78 is 7.19. The smallest absolute Gasteiger partial charge is 0.176 e. The summed E-state index contributed by atoms with van der Waals surface area (Å²) in [7, 11) is 0. The Hall–Kier alpha value is 0.570. The van der Waals surface area contributed by atoms with Crippen LogP contribution in [-0.4, -0.2) is 24.3 Å². The molecule has 0 aromatic heterocycles. The molecule has 0 radical (unpaired) electrons. The van der Waals surface area contributed by atoms with Crippen molar-refractivity contribution in [2.45, 2.75) is 12.8 Å². The number of Topliss-reactive ketones (excluding diaryl/α,β-unsaturated/α-hetero) is 1. The van der Waals surface area contributed by atoms with E-state index in [0.717, 1.165) is 32.9 Å². The van der Waals surface area contributed by atoms with Crippen molar-refractivity contribution in [3.63, 3.8) is 0 Å². The lowest BCUT2D eigenvalue weighted by Crippen LogP contribution is -2.13. The van der Waals surface area contributed by atoms with Crippen LogP contribution in [0.25, 0.3) is 0 Å². The fourth-order valence-corrected chi connectivity index (χ4v) is 3.16. The van der Waals surface area contributed by atoms with Crippen LogP contribution in [0.15, 0.2) is 21.1 Å². The van der Waals surface area contributed by atoms with Crippen LogP contribution >= 0.6 is 64.8 Å². The maximum Gasteiger partial charge on any atom is 0.176 e. The highest BCUT2D eigenvalue weighted by Gasteiger charge is 2.12. The molecule has 0 atom stereocenters. The van der Waals surface area contributed by atoms with Crippen LogP contribution in [0.1, 0.15) is 23.2 Å². The molecule has 7 heteroatoms. The molecule has 0 aliphatic heterocycles. The van der Waals surface area contributed by atoms with E-state index in [1.54, 1.807) is 12.1 Å². The first-order valence-corrected chi connectivity index (χ1v) is 8.22. The van der Waals surface area contributed by atoms with E-state index < -0.39 is 0 Å². The predicted octanol–water partition coefficient (Wildman–Crippen LogP) is 4.48. The Kier molecular flexibility index (Phi) is 10.6. The molecule has 3 nitrogen and oxygen atoms in total. The average molecular weight is 525 g/mol. The molecule has 1 aromatic carbocycles. The van der Waals surface area contributed by atoms with E-state index in [-0.39, 0.29) is 29.3 Å². The maximum atomic E-state index is 11.5. The molecule has 0 spiro atoms. The normalized spacial score (nSPS) is 9.89. The summed E-state index contributed by atoms with van der Waals surface area (Å²) in [6.07, 6.45) is 2.05. The summed E-state index contributed by atoms with van der Waals surface area (Å²) in [5.74, 6) is 0.625. The molecule has 0 heterocycles. The second kappa shape index (κ2) is 10.3. The summed E-state index contributed by atoms with van der Waals surface area (Å²) in [5.41, 5.74) is 5.91. The Morgan fingerprint density at radius 3 is 2.26 bits per heavy atom. The van der Waals surface area contributed by atoms with Crippen molar-refractivity contribution in [2.24, 2.45) is 5.73 Å². The second-order valence-electron chi connectivity index (χ2n) is 3.64. The highest BCUT2D eigenvalue weighted by atomic mass is 79.9. The average Bonchev–Trinajstić information content (AvgIpc) is 2.35. The van der Waals surface area contributed by atoms with E-state index in [4.69, 9.17) is 10.5 Å². The van der Waals surface area contributed by atoms with Gasteiger partial charge in [-0.25, -0.2) is 0 Å². The van der Waals surface area contributed by atoms with Crippen molar-refractivity contribution in [3.8, 4) is 5.75 Å². The summed E-state index contributed by atoms with van der Waals surface area (Å²) >= 11 is 10.2. The number of carbonyl (C=O) groups excluding carboxylic acids is 1. The fraction of sp³-hybridized carbons (Fsp3) is 0.417. The van der Waals surface area contributed by atoms with Crippen molar-refractivity contribution >= 4 is 70.6 Å². The molecule has 0 unspecified atom stereocenters.